The lowest BCUT2D eigenvalue weighted by atomic mass is 10.2. The Morgan fingerprint density at radius 1 is 1.14 bits per heavy atom. The third-order valence-corrected chi connectivity index (χ3v) is 3.93. The summed E-state index contributed by atoms with van der Waals surface area (Å²) in [6.07, 6.45) is 0. The van der Waals surface area contributed by atoms with Crippen molar-refractivity contribution in [1.29, 1.82) is 0 Å². The van der Waals surface area contributed by atoms with Gasteiger partial charge in [0.05, 0.1) is 5.69 Å². The Morgan fingerprint density at radius 3 is 2.76 bits per heavy atom. The van der Waals surface area contributed by atoms with Gasteiger partial charge in [-0.15, -0.1) is 5.10 Å². The number of benzene rings is 2. The second-order valence-corrected chi connectivity index (χ2v) is 5.49. The standard InChI is InChI=1S/C15H14BrN5/c1-11-18-19-20-21(11)14-7-4-6-13(9-14)17-10-12-5-2-3-8-15(12)16/h2-9,17H,10H2,1H3. The number of anilines is 1. The Hall–Kier alpha value is -2.21. The molecular formula is C15H14BrN5. The van der Waals surface area contributed by atoms with Gasteiger partial charge in [0.2, 0.25) is 0 Å². The molecule has 0 atom stereocenters. The second-order valence-electron chi connectivity index (χ2n) is 4.63. The van der Waals surface area contributed by atoms with E-state index in [0.717, 1.165) is 28.2 Å². The first kappa shape index (κ1) is 13.8. The topological polar surface area (TPSA) is 55.6 Å². The van der Waals surface area contributed by atoms with Gasteiger partial charge in [-0.05, 0) is 47.2 Å². The van der Waals surface area contributed by atoms with Gasteiger partial charge >= 0.3 is 0 Å². The summed E-state index contributed by atoms with van der Waals surface area (Å²) in [5.74, 6) is 0.762. The van der Waals surface area contributed by atoms with Crippen LogP contribution in [-0.2, 0) is 6.54 Å². The van der Waals surface area contributed by atoms with Crippen LogP contribution in [0.4, 0.5) is 5.69 Å². The summed E-state index contributed by atoms with van der Waals surface area (Å²) in [7, 11) is 0. The molecule has 3 aromatic rings. The maximum absolute atomic E-state index is 3.98. The molecule has 1 heterocycles. The zero-order chi connectivity index (χ0) is 14.7. The van der Waals surface area contributed by atoms with Crippen molar-refractivity contribution < 1.29 is 0 Å². The molecule has 5 nitrogen and oxygen atoms in total. The van der Waals surface area contributed by atoms with Gasteiger partial charge in [-0.3, -0.25) is 0 Å². The Morgan fingerprint density at radius 2 is 2.00 bits per heavy atom. The highest BCUT2D eigenvalue weighted by atomic mass is 79.9. The predicted molar refractivity (Wildman–Crippen MR) is 85.4 cm³/mol. The molecular weight excluding hydrogens is 330 g/mol. The number of nitrogens with one attached hydrogen (secondary N) is 1. The average Bonchev–Trinajstić information content (AvgIpc) is 2.93. The number of rotatable bonds is 4. The molecule has 21 heavy (non-hydrogen) atoms. The van der Waals surface area contributed by atoms with Crippen molar-refractivity contribution in [3.8, 4) is 5.69 Å². The van der Waals surface area contributed by atoms with Crippen molar-refractivity contribution in [2.45, 2.75) is 13.5 Å². The number of nitrogens with zero attached hydrogens (tertiary/aromatic N) is 4. The van der Waals surface area contributed by atoms with E-state index in [1.807, 2.05) is 49.4 Å². The fourth-order valence-electron chi connectivity index (χ4n) is 2.06. The smallest absolute Gasteiger partial charge is 0.153 e. The summed E-state index contributed by atoms with van der Waals surface area (Å²) >= 11 is 3.55. The van der Waals surface area contributed by atoms with E-state index >= 15 is 0 Å². The van der Waals surface area contributed by atoms with Crippen molar-refractivity contribution in [3.05, 3.63) is 64.4 Å². The minimum Gasteiger partial charge on any atom is -0.381 e. The lowest BCUT2D eigenvalue weighted by Gasteiger charge is -2.10. The summed E-state index contributed by atoms with van der Waals surface area (Å²) in [6, 6.07) is 16.2. The van der Waals surface area contributed by atoms with E-state index in [2.05, 4.69) is 42.8 Å². The van der Waals surface area contributed by atoms with E-state index in [9.17, 15) is 0 Å². The molecule has 0 radical (unpaired) electrons. The van der Waals surface area contributed by atoms with Gasteiger partial charge in [0.25, 0.3) is 0 Å². The molecule has 0 amide bonds. The predicted octanol–water partition coefficient (Wildman–Crippen LogP) is 3.35. The summed E-state index contributed by atoms with van der Waals surface area (Å²) in [6.45, 7) is 2.63. The molecule has 0 aliphatic rings. The van der Waals surface area contributed by atoms with Crippen LogP contribution in [0.25, 0.3) is 5.69 Å². The number of hydrogen-bond donors (Lipinski definition) is 1. The van der Waals surface area contributed by atoms with Crippen molar-refractivity contribution in [1.82, 2.24) is 20.2 Å². The van der Waals surface area contributed by atoms with Crippen LogP contribution in [0.2, 0.25) is 0 Å². The minimum absolute atomic E-state index is 0.749. The van der Waals surface area contributed by atoms with E-state index in [1.54, 1.807) is 4.68 Å². The van der Waals surface area contributed by atoms with E-state index in [1.165, 1.54) is 5.56 Å². The highest BCUT2D eigenvalue weighted by Gasteiger charge is 2.04. The normalized spacial score (nSPS) is 10.6. The van der Waals surface area contributed by atoms with Crippen LogP contribution in [0.1, 0.15) is 11.4 Å². The molecule has 0 aliphatic heterocycles. The molecule has 0 bridgehead atoms. The van der Waals surface area contributed by atoms with Gasteiger partial charge in [0.15, 0.2) is 5.82 Å². The molecule has 0 saturated heterocycles. The second kappa shape index (κ2) is 6.05. The molecule has 3 rings (SSSR count). The highest BCUT2D eigenvalue weighted by molar-refractivity contribution is 9.10. The summed E-state index contributed by atoms with van der Waals surface area (Å²) < 4.78 is 2.81. The van der Waals surface area contributed by atoms with Crippen molar-refractivity contribution in [3.63, 3.8) is 0 Å². The Bertz CT molecular complexity index is 753. The maximum Gasteiger partial charge on any atom is 0.153 e. The van der Waals surface area contributed by atoms with Crippen molar-refractivity contribution >= 4 is 21.6 Å². The SMILES string of the molecule is Cc1nnnn1-c1cccc(NCc2ccccc2Br)c1. The molecule has 0 fully saturated rings. The fraction of sp³-hybridized carbons (Fsp3) is 0.133. The number of halogens is 1. The van der Waals surface area contributed by atoms with Crippen LogP contribution in [0.3, 0.4) is 0 Å². The molecule has 0 unspecified atom stereocenters. The molecule has 1 N–H and O–H groups in total. The third-order valence-electron chi connectivity index (χ3n) is 3.16. The highest BCUT2D eigenvalue weighted by Crippen LogP contribution is 2.19. The van der Waals surface area contributed by atoms with Crippen LogP contribution in [0.5, 0.6) is 0 Å². The van der Waals surface area contributed by atoms with Crippen LogP contribution in [-0.4, -0.2) is 20.2 Å². The maximum atomic E-state index is 3.98. The summed E-state index contributed by atoms with van der Waals surface area (Å²) in [5, 5.41) is 15.0. The molecule has 106 valence electrons. The molecule has 0 spiro atoms. The lowest BCUT2D eigenvalue weighted by molar-refractivity contribution is 0.779. The van der Waals surface area contributed by atoms with E-state index in [0.29, 0.717) is 0 Å². The minimum atomic E-state index is 0.749. The van der Waals surface area contributed by atoms with E-state index in [4.69, 9.17) is 0 Å². The van der Waals surface area contributed by atoms with Crippen LogP contribution < -0.4 is 5.32 Å². The molecule has 0 aliphatic carbocycles. The summed E-state index contributed by atoms with van der Waals surface area (Å²) in [5.41, 5.74) is 3.18. The van der Waals surface area contributed by atoms with Crippen molar-refractivity contribution in [2.24, 2.45) is 0 Å². The first-order valence-electron chi connectivity index (χ1n) is 6.57. The summed E-state index contributed by atoms with van der Waals surface area (Å²) in [4.78, 5) is 0. The zero-order valence-corrected chi connectivity index (χ0v) is 13.1. The van der Waals surface area contributed by atoms with Crippen LogP contribution in [0.15, 0.2) is 53.0 Å². The Balaban J connectivity index is 1.78. The number of tetrazole rings is 1. The van der Waals surface area contributed by atoms with Gasteiger partial charge in [-0.2, -0.15) is 4.68 Å². The number of hydrogen-bond acceptors (Lipinski definition) is 4. The third kappa shape index (κ3) is 3.11. The van der Waals surface area contributed by atoms with Crippen LogP contribution >= 0.6 is 15.9 Å². The fourth-order valence-corrected chi connectivity index (χ4v) is 2.48. The average molecular weight is 344 g/mol. The molecule has 0 saturated carbocycles. The van der Waals surface area contributed by atoms with Gasteiger partial charge in [0, 0.05) is 16.7 Å². The quantitative estimate of drug-likeness (QED) is 0.789. The Kier molecular flexibility index (Phi) is 3.96. The number of aromatic nitrogens is 4. The first-order valence-corrected chi connectivity index (χ1v) is 7.36. The number of aryl methyl sites for hydroxylation is 1. The first-order chi connectivity index (χ1) is 10.2. The Labute approximate surface area is 131 Å². The van der Waals surface area contributed by atoms with Crippen molar-refractivity contribution in [2.75, 3.05) is 5.32 Å². The lowest BCUT2D eigenvalue weighted by Crippen LogP contribution is -2.03. The largest absolute Gasteiger partial charge is 0.381 e. The van der Waals surface area contributed by atoms with Crippen LogP contribution in [0, 0.1) is 6.92 Å². The van der Waals surface area contributed by atoms with Gasteiger partial charge < -0.3 is 5.32 Å². The van der Waals surface area contributed by atoms with Gasteiger partial charge in [-0.1, -0.05) is 40.2 Å². The monoisotopic (exact) mass is 343 g/mol. The molecule has 6 heteroatoms. The molecule has 1 aromatic heterocycles. The zero-order valence-electron chi connectivity index (χ0n) is 11.5. The van der Waals surface area contributed by atoms with E-state index < -0.39 is 0 Å². The van der Waals surface area contributed by atoms with Gasteiger partial charge in [0.1, 0.15) is 0 Å². The molecule has 2 aromatic carbocycles. The van der Waals surface area contributed by atoms with E-state index in [-0.39, 0.29) is 0 Å². The van der Waals surface area contributed by atoms with Gasteiger partial charge in [-0.25, -0.2) is 0 Å².